The number of ether oxygens (including phenoxy) is 1. The van der Waals surface area contributed by atoms with Crippen molar-refractivity contribution in [3.8, 4) is 5.75 Å². The molecule has 1 amide bonds. The summed E-state index contributed by atoms with van der Waals surface area (Å²) >= 11 is 0. The number of carbonyl (C=O) groups is 2. The van der Waals surface area contributed by atoms with Gasteiger partial charge in [0.15, 0.2) is 0 Å². The predicted molar refractivity (Wildman–Crippen MR) is 113 cm³/mol. The molecule has 1 unspecified atom stereocenters. The van der Waals surface area contributed by atoms with Crippen molar-refractivity contribution in [2.75, 3.05) is 11.5 Å². The Morgan fingerprint density at radius 1 is 0.939 bits per heavy atom. The van der Waals surface area contributed by atoms with E-state index in [0.29, 0.717) is 18.8 Å². The van der Waals surface area contributed by atoms with Gasteiger partial charge in [-0.05, 0) is 53.6 Å². The molecule has 1 N–H and O–H groups in total. The summed E-state index contributed by atoms with van der Waals surface area (Å²) in [4.78, 5) is 26.8. The number of hydrogen-bond acceptors (Lipinski definition) is 4. The zero-order valence-electron chi connectivity index (χ0n) is 17.0. The van der Waals surface area contributed by atoms with E-state index in [4.69, 9.17) is 4.74 Å². The van der Waals surface area contributed by atoms with Gasteiger partial charge in [0.25, 0.3) is 11.7 Å². The maximum Gasteiger partial charge on any atom is 0.300 e. The van der Waals surface area contributed by atoms with Crippen LogP contribution in [0.2, 0.25) is 0 Å². The third-order valence-electron chi connectivity index (χ3n) is 5.76. The molecule has 2 aliphatic heterocycles. The Bertz CT molecular complexity index is 1330. The van der Waals surface area contributed by atoms with Crippen LogP contribution in [-0.4, -0.2) is 23.4 Å². The van der Waals surface area contributed by atoms with Gasteiger partial charge in [-0.15, -0.1) is 0 Å². The zero-order valence-corrected chi connectivity index (χ0v) is 17.0. The third-order valence-corrected chi connectivity index (χ3v) is 5.76. The van der Waals surface area contributed by atoms with E-state index in [0.717, 1.165) is 40.8 Å². The van der Waals surface area contributed by atoms with Crippen LogP contribution in [0.5, 0.6) is 5.75 Å². The lowest BCUT2D eigenvalue weighted by molar-refractivity contribution is -0.132. The first-order chi connectivity index (χ1) is 15.8. The largest absolute Gasteiger partial charge is 0.507 e. The highest BCUT2D eigenvalue weighted by atomic mass is 19.1. The van der Waals surface area contributed by atoms with Gasteiger partial charge in [0.2, 0.25) is 0 Å². The number of fused-ring (bicyclic) bond motifs is 1. The maximum absolute atomic E-state index is 14.7. The van der Waals surface area contributed by atoms with E-state index in [2.05, 4.69) is 0 Å². The first-order valence-corrected chi connectivity index (χ1v) is 10.1. The summed E-state index contributed by atoms with van der Waals surface area (Å²) < 4.78 is 47.6. The summed E-state index contributed by atoms with van der Waals surface area (Å²) in [6.45, 7) is 0.484. The fraction of sp³-hybridized carbons (Fsp3) is 0.120. The number of carbonyl (C=O) groups excluding carboxylic acids is 2. The van der Waals surface area contributed by atoms with E-state index < -0.39 is 46.6 Å². The average Bonchev–Trinajstić information content (AvgIpc) is 3.38. The van der Waals surface area contributed by atoms with Gasteiger partial charge >= 0.3 is 0 Å². The second-order valence-electron chi connectivity index (χ2n) is 7.74. The maximum atomic E-state index is 14.7. The number of aliphatic hydroxyl groups excluding tert-OH is 1. The summed E-state index contributed by atoms with van der Waals surface area (Å²) in [7, 11) is 0. The molecule has 0 saturated carbocycles. The highest BCUT2D eigenvalue weighted by Gasteiger charge is 2.48. The quantitative estimate of drug-likeness (QED) is 0.357. The van der Waals surface area contributed by atoms with Crippen molar-refractivity contribution in [1.29, 1.82) is 0 Å². The molecule has 3 aromatic carbocycles. The van der Waals surface area contributed by atoms with Gasteiger partial charge < -0.3 is 9.84 Å². The Kier molecular flexibility index (Phi) is 4.92. The lowest BCUT2D eigenvalue weighted by Gasteiger charge is -2.25. The van der Waals surface area contributed by atoms with Gasteiger partial charge in [-0.1, -0.05) is 12.1 Å². The molecule has 3 aromatic rings. The fourth-order valence-electron chi connectivity index (χ4n) is 4.20. The Labute approximate surface area is 186 Å². The number of anilines is 1. The first-order valence-electron chi connectivity index (χ1n) is 10.1. The molecule has 5 rings (SSSR count). The number of Topliss-reactive ketones (excluding diaryl/α,β-unsaturated/α-hetero) is 1. The van der Waals surface area contributed by atoms with Gasteiger partial charge in [-0.25, -0.2) is 13.2 Å². The highest BCUT2D eigenvalue weighted by Crippen LogP contribution is 2.43. The topological polar surface area (TPSA) is 66.8 Å². The second kappa shape index (κ2) is 7.81. The van der Waals surface area contributed by atoms with Crippen LogP contribution in [-0.2, 0) is 16.0 Å². The van der Waals surface area contributed by atoms with Crippen molar-refractivity contribution in [2.24, 2.45) is 0 Å². The summed E-state index contributed by atoms with van der Waals surface area (Å²) in [5.41, 5.74) is 0.555. The zero-order chi connectivity index (χ0) is 23.3. The number of hydrogen-bond donors (Lipinski definition) is 1. The van der Waals surface area contributed by atoms with Crippen molar-refractivity contribution in [1.82, 2.24) is 0 Å². The number of aliphatic hydroxyl groups is 1. The molecule has 0 aliphatic carbocycles. The molecular weight excluding hydrogens is 435 g/mol. The second-order valence-corrected chi connectivity index (χ2v) is 7.74. The van der Waals surface area contributed by atoms with E-state index in [9.17, 15) is 27.9 Å². The van der Waals surface area contributed by atoms with E-state index >= 15 is 0 Å². The Hall–Kier alpha value is -4.07. The van der Waals surface area contributed by atoms with Crippen molar-refractivity contribution < 1.29 is 32.6 Å². The monoisotopic (exact) mass is 451 g/mol. The first kappa shape index (κ1) is 20.8. The van der Waals surface area contributed by atoms with Crippen molar-refractivity contribution in [2.45, 2.75) is 12.5 Å². The van der Waals surface area contributed by atoms with Crippen LogP contribution in [0.4, 0.5) is 18.9 Å². The van der Waals surface area contributed by atoms with Crippen LogP contribution in [0, 0.1) is 17.5 Å². The number of halogens is 3. The summed E-state index contributed by atoms with van der Waals surface area (Å²) in [6.07, 6.45) is 0.612. The normalized spacial score (nSPS) is 19.0. The molecule has 8 heteroatoms. The van der Waals surface area contributed by atoms with Gasteiger partial charge in [-0.3, -0.25) is 14.5 Å². The van der Waals surface area contributed by atoms with Gasteiger partial charge in [0.1, 0.15) is 29.0 Å². The van der Waals surface area contributed by atoms with E-state index in [-0.39, 0.29) is 16.7 Å². The molecule has 0 spiro atoms. The minimum absolute atomic E-state index is 0.241. The molecule has 1 fully saturated rings. The molecule has 1 atom stereocenters. The summed E-state index contributed by atoms with van der Waals surface area (Å²) in [6, 6.07) is 10.9. The molecule has 33 heavy (non-hydrogen) atoms. The number of rotatable bonds is 3. The number of amides is 1. The summed E-state index contributed by atoms with van der Waals surface area (Å²) in [5.74, 6) is -4.33. The molecular formula is C25H16F3NO4. The number of nitrogens with zero attached hydrogens (tertiary/aromatic N) is 1. The number of ketones is 1. The predicted octanol–water partition coefficient (Wildman–Crippen LogP) is 4.67. The Balaban J connectivity index is 1.73. The highest BCUT2D eigenvalue weighted by molar-refractivity contribution is 6.51. The molecule has 2 aliphatic rings. The van der Waals surface area contributed by atoms with E-state index in [1.807, 2.05) is 0 Å². The molecule has 1 saturated heterocycles. The lowest BCUT2D eigenvalue weighted by Crippen LogP contribution is -2.30. The third kappa shape index (κ3) is 3.44. The van der Waals surface area contributed by atoms with Gasteiger partial charge in [0.05, 0.1) is 23.9 Å². The van der Waals surface area contributed by atoms with Crippen LogP contribution in [0.15, 0.2) is 66.2 Å². The van der Waals surface area contributed by atoms with Gasteiger partial charge in [-0.2, -0.15) is 0 Å². The smallest absolute Gasteiger partial charge is 0.300 e. The van der Waals surface area contributed by atoms with Crippen LogP contribution < -0.4 is 9.64 Å². The minimum Gasteiger partial charge on any atom is -0.507 e. The molecule has 5 nitrogen and oxygen atoms in total. The Morgan fingerprint density at radius 3 is 2.42 bits per heavy atom. The standard InChI is InChI=1S/C25H16F3NO4/c26-16-4-1-13(2-5-16)22-21(23(30)15-3-8-20-14(11-15)9-10-33-20)24(31)25(32)29(22)19-12-17(27)6-7-18(19)28/h1-8,11-12,22,30H,9-10H2/b23-21-. The average molecular weight is 451 g/mol. The van der Waals surface area contributed by atoms with Crippen LogP contribution in [0.3, 0.4) is 0 Å². The van der Waals surface area contributed by atoms with Crippen molar-refractivity contribution in [3.05, 3.63) is 100 Å². The summed E-state index contributed by atoms with van der Waals surface area (Å²) in [5, 5.41) is 11.1. The Morgan fingerprint density at radius 2 is 1.67 bits per heavy atom. The molecule has 0 radical (unpaired) electrons. The van der Waals surface area contributed by atoms with Crippen LogP contribution >= 0.6 is 0 Å². The molecule has 0 aromatic heterocycles. The number of benzene rings is 3. The lowest BCUT2D eigenvalue weighted by atomic mass is 9.94. The minimum atomic E-state index is -1.30. The van der Waals surface area contributed by atoms with Gasteiger partial charge in [0, 0.05) is 18.1 Å². The van der Waals surface area contributed by atoms with E-state index in [1.54, 1.807) is 12.1 Å². The van der Waals surface area contributed by atoms with Crippen LogP contribution in [0.1, 0.15) is 22.7 Å². The van der Waals surface area contributed by atoms with Crippen molar-refractivity contribution >= 4 is 23.1 Å². The molecule has 0 bridgehead atoms. The van der Waals surface area contributed by atoms with Crippen LogP contribution in [0.25, 0.3) is 5.76 Å². The molecule has 2 heterocycles. The fourth-order valence-corrected chi connectivity index (χ4v) is 4.20. The molecule has 166 valence electrons. The van der Waals surface area contributed by atoms with E-state index in [1.165, 1.54) is 18.2 Å². The SMILES string of the molecule is O=C1C(=O)N(c2cc(F)ccc2F)C(c2ccc(F)cc2)/C1=C(/O)c1ccc2c(c1)CCO2. The van der Waals surface area contributed by atoms with Crippen molar-refractivity contribution in [3.63, 3.8) is 0 Å².